The molecule has 0 rings (SSSR count). The summed E-state index contributed by atoms with van der Waals surface area (Å²) in [5.41, 5.74) is -0.0383. The van der Waals surface area contributed by atoms with Gasteiger partial charge in [0.2, 0.25) is 11.8 Å². The molecule has 0 aromatic heterocycles. The Hall–Kier alpha value is -1.83. The molecule has 0 aliphatic carbocycles. The van der Waals surface area contributed by atoms with E-state index < -0.39 is 17.4 Å². The first-order valence-corrected chi connectivity index (χ1v) is 14.2. The van der Waals surface area contributed by atoms with Crippen LogP contribution in [0.4, 0.5) is 0 Å². The summed E-state index contributed by atoms with van der Waals surface area (Å²) in [6, 6.07) is -0.661. The Morgan fingerprint density at radius 2 is 1.50 bits per heavy atom. The van der Waals surface area contributed by atoms with Crippen LogP contribution < -0.4 is 10.6 Å². The third kappa shape index (κ3) is 14.7. The minimum absolute atomic E-state index is 0.0388. The fourth-order valence-electron chi connectivity index (χ4n) is 3.83. The number of carbonyl (C=O) groups excluding carboxylic acids is 5. The lowest BCUT2D eigenvalue weighted by atomic mass is 9.83. The van der Waals surface area contributed by atoms with Crippen molar-refractivity contribution >= 4 is 45.1 Å². The van der Waals surface area contributed by atoms with Gasteiger partial charge < -0.3 is 10.6 Å². The number of halogens is 1. The zero-order chi connectivity index (χ0) is 27.9. The molecule has 0 saturated carbocycles. The van der Waals surface area contributed by atoms with Gasteiger partial charge in [-0.2, -0.15) is 0 Å². The van der Waals surface area contributed by atoms with Crippen molar-refractivity contribution in [2.75, 3.05) is 11.9 Å². The molecule has 0 spiro atoms. The smallest absolute Gasteiger partial charge is 0.224 e. The topological polar surface area (TPSA) is 109 Å². The Kier molecular flexibility index (Phi) is 16.7. The highest BCUT2D eigenvalue weighted by atomic mass is 79.9. The quantitative estimate of drug-likeness (QED) is 0.127. The van der Waals surface area contributed by atoms with Gasteiger partial charge in [0.1, 0.15) is 5.78 Å². The molecule has 36 heavy (non-hydrogen) atoms. The van der Waals surface area contributed by atoms with E-state index in [-0.39, 0.29) is 41.5 Å². The van der Waals surface area contributed by atoms with Crippen LogP contribution in [-0.2, 0) is 24.0 Å². The molecule has 8 heteroatoms. The predicted molar refractivity (Wildman–Crippen MR) is 148 cm³/mol. The van der Waals surface area contributed by atoms with Crippen LogP contribution in [0, 0.1) is 17.3 Å². The van der Waals surface area contributed by atoms with Crippen molar-refractivity contribution in [2.24, 2.45) is 17.3 Å². The zero-order valence-electron chi connectivity index (χ0n) is 23.1. The molecule has 0 bridgehead atoms. The van der Waals surface area contributed by atoms with Crippen LogP contribution in [0.2, 0.25) is 0 Å². The summed E-state index contributed by atoms with van der Waals surface area (Å²) < 4.78 is 0. The predicted octanol–water partition coefficient (Wildman–Crippen LogP) is 5.09. The monoisotopic (exact) mass is 570 g/mol. The lowest BCUT2D eigenvalue weighted by Gasteiger charge is -2.28. The first-order valence-electron chi connectivity index (χ1n) is 13.1. The van der Waals surface area contributed by atoms with Crippen LogP contribution in [0.1, 0.15) is 99.3 Å². The first-order chi connectivity index (χ1) is 16.7. The van der Waals surface area contributed by atoms with Gasteiger partial charge >= 0.3 is 0 Å². The van der Waals surface area contributed by atoms with E-state index in [9.17, 15) is 24.0 Å². The van der Waals surface area contributed by atoms with E-state index in [0.717, 1.165) is 25.7 Å². The summed E-state index contributed by atoms with van der Waals surface area (Å²) in [6.45, 7) is 14.9. The van der Waals surface area contributed by atoms with Crippen molar-refractivity contribution < 1.29 is 24.0 Å². The maximum atomic E-state index is 13.1. The van der Waals surface area contributed by atoms with Crippen molar-refractivity contribution in [3.8, 4) is 0 Å². The second kappa shape index (κ2) is 17.6. The summed E-state index contributed by atoms with van der Waals surface area (Å²) in [7, 11) is 0. The lowest BCUT2D eigenvalue weighted by molar-refractivity contribution is -0.136. The number of hydrogen-bond acceptors (Lipinski definition) is 5. The van der Waals surface area contributed by atoms with Crippen LogP contribution >= 0.6 is 15.9 Å². The Balaban J connectivity index is 4.81. The number of alkyl halides is 1. The zero-order valence-corrected chi connectivity index (χ0v) is 24.7. The minimum Gasteiger partial charge on any atom is -0.356 e. The Labute approximate surface area is 226 Å². The molecule has 7 nitrogen and oxygen atoms in total. The molecule has 206 valence electrons. The van der Waals surface area contributed by atoms with Gasteiger partial charge in [-0.3, -0.25) is 24.0 Å². The van der Waals surface area contributed by atoms with Crippen LogP contribution in [0.5, 0.6) is 0 Å². The molecule has 0 aliphatic rings. The van der Waals surface area contributed by atoms with Crippen molar-refractivity contribution in [1.82, 2.24) is 10.6 Å². The molecular weight excluding hydrogens is 524 g/mol. The number of Topliss-reactive ketones (excluding diaryl/α,β-unsaturated/α-hetero) is 3. The number of nitrogens with one attached hydrogen (secondary N) is 2. The van der Waals surface area contributed by atoms with Crippen molar-refractivity contribution in [2.45, 2.75) is 105 Å². The molecule has 0 aromatic rings. The van der Waals surface area contributed by atoms with Crippen LogP contribution in [0.15, 0.2) is 12.2 Å². The van der Waals surface area contributed by atoms with Gasteiger partial charge in [-0.15, -0.1) is 0 Å². The third-order valence-corrected chi connectivity index (χ3v) is 6.85. The van der Waals surface area contributed by atoms with E-state index in [1.54, 1.807) is 0 Å². The van der Waals surface area contributed by atoms with E-state index in [0.29, 0.717) is 43.1 Å². The molecule has 0 fully saturated rings. The minimum atomic E-state index is -0.661. The molecular formula is C28H47BrN2O5. The van der Waals surface area contributed by atoms with Gasteiger partial charge in [0, 0.05) is 49.4 Å². The maximum absolute atomic E-state index is 13.1. The molecule has 0 saturated heterocycles. The Morgan fingerprint density at radius 1 is 0.917 bits per heavy atom. The van der Waals surface area contributed by atoms with Gasteiger partial charge in [-0.1, -0.05) is 70.0 Å². The highest BCUT2D eigenvalue weighted by Gasteiger charge is 2.33. The van der Waals surface area contributed by atoms with Gasteiger partial charge in [-0.05, 0) is 37.2 Å². The van der Waals surface area contributed by atoms with Crippen molar-refractivity contribution in [3.05, 3.63) is 12.2 Å². The van der Waals surface area contributed by atoms with E-state index in [4.69, 9.17) is 0 Å². The van der Waals surface area contributed by atoms with Crippen molar-refractivity contribution in [1.29, 1.82) is 0 Å². The van der Waals surface area contributed by atoms with Gasteiger partial charge in [0.15, 0.2) is 11.6 Å². The van der Waals surface area contributed by atoms with Gasteiger partial charge in [-0.25, -0.2) is 0 Å². The second-order valence-corrected chi connectivity index (χ2v) is 11.5. The average molecular weight is 572 g/mol. The Bertz CT molecular complexity index is 770. The van der Waals surface area contributed by atoms with Crippen LogP contribution in [0.25, 0.3) is 0 Å². The molecule has 2 atom stereocenters. The molecule has 0 heterocycles. The normalized spacial score (nSPS) is 13.1. The number of rotatable bonds is 19. The molecule has 0 aliphatic heterocycles. The standard InChI is InChI=1S/C28H47BrN2O5/c1-19(2)23(17-22(33)13-10-8-9-11-15-25(34)20(3)18-29)27(36)31-24(26(35)28(5,6)7)14-12-16-30-21(4)32/h19,23-24H,3,8-18H2,1-2,4-7H3,(H,30,32)(H,31,36)/t23-,24-/m0/s1. The highest BCUT2D eigenvalue weighted by Crippen LogP contribution is 2.22. The van der Waals surface area contributed by atoms with Crippen LogP contribution in [0.3, 0.4) is 0 Å². The maximum Gasteiger partial charge on any atom is 0.224 e. The van der Waals surface area contributed by atoms with E-state index in [2.05, 4.69) is 33.1 Å². The fraction of sp³-hybridized carbons (Fsp3) is 0.750. The summed E-state index contributed by atoms with van der Waals surface area (Å²) in [6.07, 6.45) is 5.25. The summed E-state index contributed by atoms with van der Waals surface area (Å²) in [4.78, 5) is 61.6. The number of ketones is 3. The van der Waals surface area contributed by atoms with Crippen molar-refractivity contribution in [3.63, 3.8) is 0 Å². The fourth-order valence-corrected chi connectivity index (χ4v) is 4.14. The molecule has 0 aromatic carbocycles. The van der Waals surface area contributed by atoms with E-state index in [1.807, 2.05) is 34.6 Å². The highest BCUT2D eigenvalue weighted by molar-refractivity contribution is 9.09. The number of amides is 2. The summed E-state index contributed by atoms with van der Waals surface area (Å²) in [5.74, 6) is -0.908. The first kappa shape index (κ1) is 34.2. The molecule has 0 unspecified atom stereocenters. The average Bonchev–Trinajstić information content (AvgIpc) is 2.79. The SMILES string of the molecule is C=C(CBr)C(=O)CCCCCCC(=O)C[C@H](C(=O)N[C@@H](CCCNC(C)=O)C(=O)C(C)(C)C)C(C)C. The molecule has 2 N–H and O–H groups in total. The number of unbranched alkanes of at least 4 members (excludes halogenated alkanes) is 3. The largest absolute Gasteiger partial charge is 0.356 e. The number of carbonyl (C=O) groups is 5. The summed E-state index contributed by atoms with van der Waals surface area (Å²) >= 11 is 3.24. The third-order valence-electron chi connectivity index (χ3n) is 6.17. The second-order valence-electron chi connectivity index (χ2n) is 11.0. The van der Waals surface area contributed by atoms with E-state index >= 15 is 0 Å². The van der Waals surface area contributed by atoms with Crippen LogP contribution in [-0.4, -0.2) is 47.1 Å². The van der Waals surface area contributed by atoms with Gasteiger partial charge in [0.05, 0.1) is 6.04 Å². The lowest BCUT2D eigenvalue weighted by Crippen LogP contribution is -2.48. The molecule has 0 radical (unpaired) electrons. The number of allylic oxidation sites excluding steroid dienone is 1. The summed E-state index contributed by atoms with van der Waals surface area (Å²) in [5, 5.41) is 6.12. The number of hydrogen-bond donors (Lipinski definition) is 2. The Morgan fingerprint density at radius 3 is 2.00 bits per heavy atom. The van der Waals surface area contributed by atoms with Gasteiger partial charge in [0.25, 0.3) is 0 Å². The molecule has 2 amide bonds. The van der Waals surface area contributed by atoms with E-state index in [1.165, 1.54) is 6.92 Å².